The van der Waals surface area contributed by atoms with Gasteiger partial charge >= 0.3 is 237 Å². The van der Waals surface area contributed by atoms with E-state index in [1.54, 1.807) is 39.0 Å². The van der Waals surface area contributed by atoms with Gasteiger partial charge in [0.25, 0.3) is 25.0 Å². The molecule has 0 atom stereocenters. The smallest absolute Gasteiger partial charge is 0.0964 e. The molecule has 133 heavy (non-hydrogen) atoms. The minimum atomic E-state index is -2.88. The number of methoxy groups -OCH3 is 2. The predicted octanol–water partition coefficient (Wildman–Crippen LogP) is 20.4. The standard InChI is InChI=1S/3C18H16OSi.C12H8N2.C10H8N2.4C7H5.C4H10O2.9CH3.4Mo/c3*19-20(16-10-4-1-5-11-16,17-12-6-2-7-13-17)18-14-8-3-9-15-18;1-3-9-5-6-10-4-2-8-14-12(10)11(9)13-7-1;1-3-7-11-9(5-1)10-6-2-4-8-12-10;4*1-7-5-3-2-4-6-7;1-5-3-4-6-2;;;;;;;;;;;;;/h3*1-15,19H;1-8H;1-8H;4*2-6H;3-4H2,1-2H3;9*1H3;;;;/q;;;;;;;;;;9*-1;;;;. The van der Waals surface area contributed by atoms with Crippen LogP contribution in [0.3, 0.4) is 0 Å². The molecule has 0 spiro atoms. The van der Waals surface area contributed by atoms with E-state index in [1.807, 2.05) is 519 Å². The topological polar surface area (TPSA) is 131 Å². The summed E-state index contributed by atoms with van der Waals surface area (Å²) >= 11 is 7.39. The van der Waals surface area contributed by atoms with E-state index in [4.69, 9.17) is 0 Å². The Morgan fingerprint density at radius 3 is 0.504 bits per heavy atom. The Labute approximate surface area is 842 Å². The number of ether oxygens (including phenoxy) is 2. The van der Waals surface area contributed by atoms with Gasteiger partial charge in [-0.2, -0.15) is 0 Å². The third-order valence-corrected chi connectivity index (χ3v) is 31.6. The molecule has 18 rings (SSSR count). The monoisotopic (exact) mass is 2140 g/mol. The van der Waals surface area contributed by atoms with E-state index in [1.165, 1.54) is 0 Å². The number of benzene rings is 14. The molecule has 0 aliphatic rings. The van der Waals surface area contributed by atoms with Gasteiger partial charge in [0.1, 0.15) is 0 Å². The van der Waals surface area contributed by atoms with Gasteiger partial charge in [-0.1, -0.05) is 309 Å². The summed E-state index contributed by atoms with van der Waals surface area (Å²) in [5, 5.41) is 11.4. The molecule has 0 amide bonds. The second-order valence-corrected chi connectivity index (χ2v) is 38.4. The second-order valence-electron chi connectivity index (χ2n) is 26.9. The first-order valence-electron chi connectivity index (χ1n) is 39.8. The maximum Gasteiger partial charge on any atom is 0.0964 e. The van der Waals surface area contributed by atoms with Gasteiger partial charge in [0, 0.05) is 49.8 Å². The van der Waals surface area contributed by atoms with Gasteiger partial charge in [0.15, 0.2) is 0 Å². The maximum atomic E-state index is 11.6. The first-order valence-corrected chi connectivity index (χ1v) is 49.7. The van der Waals surface area contributed by atoms with Crippen LogP contribution in [0.4, 0.5) is 0 Å². The Morgan fingerprint density at radius 1 is 0.203 bits per heavy atom. The minimum absolute atomic E-state index is 0. The fraction of sp³-hybridized carbons (Fsp3) is 0.0342. The SMILES string of the molecule is COCCOC.O[Si](c1ccccc1)(c1ccccc1)c1ccccc1.O[Si](c1ccccc1)(c1ccccc1)c1ccccc1.O[Si](c1ccccc1)(c1ccccc1)c1ccccc1.[CH3-].[CH3-].[CH3-].[CH3-].[CH3-].[CH3-].[CH3-].[CH3-].[CH3-].[Mo]#[C]c1ccccc1.[Mo]#[C]c1ccccc1.[Mo]#[C]c1ccccc1.[Mo]#[C]c1ccccc1.c1ccc(-c2ccccn2)nc1.c1cnc2c(c1)ccc1cccnc12. The molecule has 684 valence electrons. The van der Waals surface area contributed by atoms with Gasteiger partial charge in [-0.15, -0.1) is 0 Å². The number of rotatable bonds is 13. The summed E-state index contributed by atoms with van der Waals surface area (Å²) in [7, 11) is -5.33. The summed E-state index contributed by atoms with van der Waals surface area (Å²) < 4.78 is 21.5. The molecule has 0 bridgehead atoms. The van der Waals surface area contributed by atoms with Gasteiger partial charge in [0.2, 0.25) is 0 Å². The molecular weight excluding hydrogens is 2010 g/mol. The van der Waals surface area contributed by atoms with Crippen molar-refractivity contribution < 1.29 is 100 Å². The number of nitrogens with zero attached hydrogens (tertiary/aromatic N) is 4. The summed E-state index contributed by atoms with van der Waals surface area (Å²) in [5.41, 5.74) is 8.44. The zero-order valence-electron chi connectivity index (χ0n) is 77.8. The van der Waals surface area contributed by atoms with Crippen LogP contribution in [0.5, 0.6) is 0 Å². The largest absolute Gasteiger partial charge is 0.255 e. The van der Waals surface area contributed by atoms with Crippen molar-refractivity contribution in [3.63, 3.8) is 0 Å². The fourth-order valence-electron chi connectivity index (χ4n) is 12.5. The van der Waals surface area contributed by atoms with Crippen LogP contribution in [0.25, 0.3) is 33.2 Å². The molecule has 3 N–H and O–H groups in total. The molecule has 0 saturated carbocycles. The number of hydrogen-bond donors (Lipinski definition) is 3. The van der Waals surface area contributed by atoms with Crippen LogP contribution >= 0.6 is 0 Å². The van der Waals surface area contributed by atoms with E-state index >= 15 is 0 Å². The molecule has 0 saturated heterocycles. The summed E-state index contributed by atoms with van der Waals surface area (Å²) in [6.45, 7) is 1.38. The Morgan fingerprint density at radius 2 is 0.361 bits per heavy atom. The molecule has 0 unspecified atom stereocenters. The quantitative estimate of drug-likeness (QED) is 0.0340. The Bertz CT molecular complexity index is 5270. The van der Waals surface area contributed by atoms with E-state index in [9.17, 15) is 14.4 Å². The Kier molecular flexibility index (Phi) is 64.2. The van der Waals surface area contributed by atoms with Crippen molar-refractivity contribution >= 4 is 93.4 Å². The van der Waals surface area contributed by atoms with Crippen LogP contribution in [-0.2, 0) is 86.1 Å². The average Bonchev–Trinajstić information content (AvgIpc) is 0.774. The molecular formula is C117H121Mo4N4O5Si3-9. The van der Waals surface area contributed by atoms with Gasteiger partial charge in [-0.05, 0) is 83.1 Å². The molecule has 0 aliphatic carbocycles. The maximum absolute atomic E-state index is 11.6. The van der Waals surface area contributed by atoms with Gasteiger partial charge < -0.3 is 90.7 Å². The van der Waals surface area contributed by atoms with Crippen LogP contribution in [0, 0.1) is 83.6 Å². The molecule has 16 heteroatoms. The Balaban J connectivity index is 0.00000148. The first kappa shape index (κ1) is 122. The second kappa shape index (κ2) is 70.3. The van der Waals surface area contributed by atoms with Gasteiger partial charge in [-0.25, -0.2) is 0 Å². The molecule has 14 aromatic carbocycles. The van der Waals surface area contributed by atoms with Crippen LogP contribution < -0.4 is 46.7 Å². The summed E-state index contributed by atoms with van der Waals surface area (Å²) in [4.78, 5) is 51.8. The molecule has 0 radical (unpaired) electrons. The van der Waals surface area contributed by atoms with Crippen molar-refractivity contribution in [2.75, 3.05) is 27.4 Å². The van der Waals surface area contributed by atoms with Crippen LogP contribution in [0.15, 0.2) is 492 Å². The molecule has 18 aromatic rings. The van der Waals surface area contributed by atoms with E-state index in [0.717, 1.165) is 102 Å². The first-order chi connectivity index (χ1) is 61.0. The molecule has 0 aliphatic heterocycles. The number of aromatic nitrogens is 4. The zero-order chi connectivity index (χ0) is 87.2. The molecule has 4 heterocycles. The zero-order valence-corrected chi connectivity index (χ0v) is 88.8. The molecule has 4 aromatic heterocycles. The van der Waals surface area contributed by atoms with Crippen LogP contribution in [-0.4, -0.2) is 86.7 Å². The summed E-state index contributed by atoms with van der Waals surface area (Å²) in [5.74, 6) is 0. The summed E-state index contributed by atoms with van der Waals surface area (Å²) in [6.07, 6.45) is 7.14. The number of hydrogen-bond acceptors (Lipinski definition) is 9. The van der Waals surface area contributed by atoms with E-state index in [-0.39, 0.29) is 66.8 Å². The van der Waals surface area contributed by atoms with Gasteiger partial charge in [-0.3, -0.25) is 19.9 Å². The van der Waals surface area contributed by atoms with Crippen LogP contribution in [0.1, 0.15) is 22.3 Å². The van der Waals surface area contributed by atoms with Gasteiger partial charge in [0.05, 0.1) is 35.6 Å². The predicted molar refractivity (Wildman–Crippen MR) is 562 cm³/mol. The van der Waals surface area contributed by atoms with Crippen LogP contribution in [0.2, 0.25) is 0 Å². The Hall–Kier alpha value is -11.5. The van der Waals surface area contributed by atoms with Crippen molar-refractivity contribution in [3.05, 3.63) is 581 Å². The van der Waals surface area contributed by atoms with E-state index < -0.39 is 25.0 Å². The number of fused-ring (bicyclic) bond motifs is 3. The molecule has 0 fully saturated rings. The van der Waals surface area contributed by atoms with Crippen molar-refractivity contribution in [2.24, 2.45) is 0 Å². The van der Waals surface area contributed by atoms with Crippen molar-refractivity contribution in [1.29, 1.82) is 0 Å². The minimum Gasteiger partial charge on any atom is -0.255 e. The molecule has 9 nitrogen and oxygen atoms in total. The fourth-order valence-corrected chi connectivity index (χ4v) is 22.9. The third kappa shape index (κ3) is 38.9. The van der Waals surface area contributed by atoms with E-state index in [2.05, 4.69) is 70.5 Å². The van der Waals surface area contributed by atoms with Crippen molar-refractivity contribution in [3.8, 4) is 28.2 Å². The van der Waals surface area contributed by atoms with E-state index in [0.29, 0.717) is 13.2 Å². The summed E-state index contributed by atoms with van der Waals surface area (Å²) in [6, 6.07) is 154. The normalized spacial score (nSPS) is 9.39. The average molecular weight is 2130 g/mol. The van der Waals surface area contributed by atoms with Crippen molar-refractivity contribution in [2.45, 2.75) is 0 Å². The number of pyridine rings is 4. The third-order valence-electron chi connectivity index (χ3n) is 18.7. The van der Waals surface area contributed by atoms with Crippen molar-refractivity contribution in [1.82, 2.24) is 19.9 Å².